The first-order chi connectivity index (χ1) is 8.29. The van der Waals surface area contributed by atoms with Crippen LogP contribution in [-0.4, -0.2) is 24.4 Å². The molecule has 2 aliphatic rings. The summed E-state index contributed by atoms with van der Waals surface area (Å²) in [6.45, 7) is 2.53. The molecule has 88 valence electrons. The molecule has 1 aromatic rings. The molecule has 0 radical (unpaired) electrons. The monoisotopic (exact) mass is 230 g/mol. The molecule has 0 saturated carbocycles. The molecule has 1 N–H and O–H groups in total. The molecule has 2 heterocycles. The third kappa shape index (κ3) is 1.60. The largest absolute Gasteiger partial charge is 0.492 e. The number of carbonyl (C=O) groups is 1. The van der Waals surface area contributed by atoms with E-state index >= 15 is 0 Å². The molecule has 3 rings (SSSR count). The number of amides is 1. The van der Waals surface area contributed by atoms with Gasteiger partial charge in [-0.25, -0.2) is 0 Å². The van der Waals surface area contributed by atoms with Crippen molar-refractivity contribution >= 4 is 11.7 Å². The maximum absolute atomic E-state index is 11.6. The fourth-order valence-electron chi connectivity index (χ4n) is 2.31. The fourth-order valence-corrected chi connectivity index (χ4v) is 2.31. The topological polar surface area (TPSA) is 50.7 Å². The number of hydrogen-bond acceptors (Lipinski definition) is 3. The fraction of sp³-hybridized carbons (Fsp3) is 0.385. The molecule has 0 spiro atoms. The van der Waals surface area contributed by atoms with E-state index in [1.165, 1.54) is 0 Å². The molecule has 2 unspecified atom stereocenters. The van der Waals surface area contributed by atoms with E-state index in [4.69, 9.17) is 4.74 Å². The quantitative estimate of drug-likeness (QED) is 0.836. The highest BCUT2D eigenvalue weighted by Gasteiger charge is 2.34. The highest BCUT2D eigenvalue weighted by atomic mass is 16.5. The Hall–Kier alpha value is -1.84. The molecule has 0 saturated heterocycles. The summed E-state index contributed by atoms with van der Waals surface area (Å²) in [5.74, 6) is 1.74. The SMILES string of the molecule is CCC1N=C(C2COc3ccccc32)NC1=O. The lowest BCUT2D eigenvalue weighted by Crippen LogP contribution is -2.32. The van der Waals surface area contributed by atoms with Crippen LogP contribution in [0.15, 0.2) is 29.3 Å². The van der Waals surface area contributed by atoms with Crippen molar-refractivity contribution in [1.29, 1.82) is 0 Å². The van der Waals surface area contributed by atoms with Crippen molar-refractivity contribution in [2.24, 2.45) is 4.99 Å². The van der Waals surface area contributed by atoms with Crippen LogP contribution in [0.4, 0.5) is 0 Å². The van der Waals surface area contributed by atoms with Gasteiger partial charge in [-0.05, 0) is 12.5 Å². The Morgan fingerprint density at radius 2 is 2.29 bits per heavy atom. The maximum Gasteiger partial charge on any atom is 0.250 e. The Balaban J connectivity index is 1.91. The average Bonchev–Trinajstić information content (AvgIpc) is 2.92. The van der Waals surface area contributed by atoms with Crippen molar-refractivity contribution in [2.45, 2.75) is 25.3 Å². The second kappa shape index (κ2) is 3.87. The van der Waals surface area contributed by atoms with Gasteiger partial charge in [-0.15, -0.1) is 0 Å². The minimum Gasteiger partial charge on any atom is -0.492 e. The van der Waals surface area contributed by atoms with Crippen LogP contribution >= 0.6 is 0 Å². The number of benzene rings is 1. The van der Waals surface area contributed by atoms with E-state index < -0.39 is 0 Å². The van der Waals surface area contributed by atoms with Crippen LogP contribution < -0.4 is 10.1 Å². The Kier molecular flexibility index (Phi) is 2.35. The second-order valence-electron chi connectivity index (χ2n) is 4.33. The third-order valence-corrected chi connectivity index (χ3v) is 3.27. The molecule has 4 nitrogen and oxygen atoms in total. The number of hydrogen-bond donors (Lipinski definition) is 1. The first kappa shape index (κ1) is 10.3. The van der Waals surface area contributed by atoms with Crippen molar-refractivity contribution in [1.82, 2.24) is 5.32 Å². The van der Waals surface area contributed by atoms with Gasteiger partial charge >= 0.3 is 0 Å². The summed E-state index contributed by atoms with van der Waals surface area (Å²) in [5, 5.41) is 2.87. The molecule has 0 bridgehead atoms. The summed E-state index contributed by atoms with van der Waals surface area (Å²) < 4.78 is 5.60. The molecule has 4 heteroatoms. The number of amidine groups is 1. The molecule has 2 aliphatic heterocycles. The van der Waals surface area contributed by atoms with Gasteiger partial charge in [0.25, 0.3) is 0 Å². The number of nitrogens with zero attached hydrogens (tertiary/aromatic N) is 1. The lowest BCUT2D eigenvalue weighted by atomic mass is 10.0. The van der Waals surface area contributed by atoms with Gasteiger partial charge in [0.15, 0.2) is 0 Å². The van der Waals surface area contributed by atoms with Crippen LogP contribution in [0.5, 0.6) is 5.75 Å². The van der Waals surface area contributed by atoms with E-state index in [1.807, 2.05) is 31.2 Å². The highest BCUT2D eigenvalue weighted by Crippen LogP contribution is 2.34. The standard InChI is InChI=1S/C13H14N2O2/c1-2-10-13(16)15-12(14-10)9-7-17-11-6-4-3-5-8(9)11/h3-6,9-10H,2,7H2,1H3,(H,14,15,16). The summed E-state index contributed by atoms with van der Waals surface area (Å²) in [7, 11) is 0. The zero-order valence-electron chi connectivity index (χ0n) is 9.64. The van der Waals surface area contributed by atoms with Crippen molar-refractivity contribution in [3.63, 3.8) is 0 Å². The molecular formula is C13H14N2O2. The third-order valence-electron chi connectivity index (χ3n) is 3.27. The summed E-state index contributed by atoms with van der Waals surface area (Å²) in [6, 6.07) is 7.68. The number of para-hydroxylation sites is 1. The van der Waals surface area contributed by atoms with Gasteiger partial charge in [-0.3, -0.25) is 9.79 Å². The van der Waals surface area contributed by atoms with Gasteiger partial charge in [0.2, 0.25) is 5.91 Å². The van der Waals surface area contributed by atoms with E-state index in [0.717, 1.165) is 23.6 Å². The van der Waals surface area contributed by atoms with Crippen LogP contribution in [0.2, 0.25) is 0 Å². The molecule has 0 fully saturated rings. The predicted octanol–water partition coefficient (Wildman–Crippen LogP) is 1.47. The van der Waals surface area contributed by atoms with Crippen molar-refractivity contribution in [3.8, 4) is 5.75 Å². The van der Waals surface area contributed by atoms with Crippen molar-refractivity contribution in [2.75, 3.05) is 6.61 Å². The minimum absolute atomic E-state index is 0.00637. The van der Waals surface area contributed by atoms with E-state index in [2.05, 4.69) is 10.3 Å². The van der Waals surface area contributed by atoms with Crippen molar-refractivity contribution < 1.29 is 9.53 Å². The molecule has 0 aliphatic carbocycles. The highest BCUT2D eigenvalue weighted by molar-refractivity contribution is 6.08. The predicted molar refractivity (Wildman–Crippen MR) is 64.3 cm³/mol. The van der Waals surface area contributed by atoms with Gasteiger partial charge in [-0.2, -0.15) is 0 Å². The lowest BCUT2D eigenvalue weighted by molar-refractivity contribution is -0.120. The van der Waals surface area contributed by atoms with Gasteiger partial charge in [0.1, 0.15) is 24.2 Å². The molecular weight excluding hydrogens is 216 g/mol. The van der Waals surface area contributed by atoms with Crippen molar-refractivity contribution in [3.05, 3.63) is 29.8 Å². The lowest BCUT2D eigenvalue weighted by Gasteiger charge is -2.07. The van der Waals surface area contributed by atoms with Crippen LogP contribution in [0.25, 0.3) is 0 Å². The number of aliphatic imine (C=N–C) groups is 1. The number of rotatable bonds is 2. The first-order valence-corrected chi connectivity index (χ1v) is 5.90. The smallest absolute Gasteiger partial charge is 0.250 e. The van der Waals surface area contributed by atoms with Crippen LogP contribution in [0.1, 0.15) is 24.8 Å². The molecule has 1 amide bonds. The van der Waals surface area contributed by atoms with Gasteiger partial charge < -0.3 is 10.1 Å². The molecule has 0 aromatic heterocycles. The molecule has 2 atom stereocenters. The van der Waals surface area contributed by atoms with Crippen LogP contribution in [0.3, 0.4) is 0 Å². The van der Waals surface area contributed by atoms with E-state index in [9.17, 15) is 4.79 Å². The number of nitrogens with one attached hydrogen (secondary N) is 1. The second-order valence-corrected chi connectivity index (χ2v) is 4.33. The van der Waals surface area contributed by atoms with Gasteiger partial charge in [0.05, 0.1) is 5.92 Å². The Labute approximate surface area is 99.7 Å². The summed E-state index contributed by atoms with van der Waals surface area (Å²) >= 11 is 0. The van der Waals surface area contributed by atoms with E-state index in [-0.39, 0.29) is 17.9 Å². The summed E-state index contributed by atoms with van der Waals surface area (Å²) in [4.78, 5) is 16.1. The van der Waals surface area contributed by atoms with Crippen LogP contribution in [0, 0.1) is 0 Å². The number of ether oxygens (including phenoxy) is 1. The molecule has 17 heavy (non-hydrogen) atoms. The zero-order chi connectivity index (χ0) is 11.8. The number of carbonyl (C=O) groups excluding carboxylic acids is 1. The van der Waals surface area contributed by atoms with E-state index in [1.54, 1.807) is 0 Å². The van der Waals surface area contributed by atoms with Gasteiger partial charge in [-0.1, -0.05) is 25.1 Å². The van der Waals surface area contributed by atoms with E-state index in [0.29, 0.717) is 6.61 Å². The molecule has 1 aromatic carbocycles. The van der Waals surface area contributed by atoms with Crippen LogP contribution in [-0.2, 0) is 4.79 Å². The minimum atomic E-state index is -0.224. The zero-order valence-corrected chi connectivity index (χ0v) is 9.64. The Bertz CT molecular complexity index is 496. The normalized spacial score (nSPS) is 26.2. The average molecular weight is 230 g/mol. The number of fused-ring (bicyclic) bond motifs is 1. The summed E-state index contributed by atoms with van der Waals surface area (Å²) in [6.07, 6.45) is 0.741. The Morgan fingerprint density at radius 3 is 3.06 bits per heavy atom. The maximum atomic E-state index is 11.6. The van der Waals surface area contributed by atoms with Gasteiger partial charge in [0, 0.05) is 5.56 Å². The summed E-state index contributed by atoms with van der Waals surface area (Å²) in [5.41, 5.74) is 1.11. The first-order valence-electron chi connectivity index (χ1n) is 5.90. The Morgan fingerprint density at radius 1 is 1.47 bits per heavy atom.